The lowest BCUT2D eigenvalue weighted by Gasteiger charge is -2.37. The number of imidazole rings is 1. The maximum atomic E-state index is 4.78. The molecule has 0 aromatic carbocycles. The lowest BCUT2D eigenvalue weighted by molar-refractivity contribution is 0.407. The van der Waals surface area contributed by atoms with Crippen LogP contribution >= 0.6 is 0 Å². The van der Waals surface area contributed by atoms with Crippen LogP contribution in [0.4, 0.5) is 5.69 Å². The average Bonchev–Trinajstić information content (AvgIpc) is 3.07. The molecule has 4 aromatic heterocycles. The van der Waals surface area contributed by atoms with Crippen LogP contribution in [0.15, 0.2) is 36.7 Å². The number of anilines is 1. The number of aryl methyl sites for hydroxylation is 2. The second kappa shape index (κ2) is 6.77. The molecule has 1 fully saturated rings. The third-order valence-corrected chi connectivity index (χ3v) is 5.44. The van der Waals surface area contributed by atoms with Gasteiger partial charge in [-0.15, -0.1) is 0 Å². The molecule has 4 aromatic rings. The fourth-order valence-electron chi connectivity index (χ4n) is 4.22. The van der Waals surface area contributed by atoms with Crippen molar-refractivity contribution in [3.63, 3.8) is 0 Å². The van der Waals surface area contributed by atoms with Gasteiger partial charge in [0.25, 0.3) is 0 Å². The normalized spacial score (nSPS) is 19.9. The van der Waals surface area contributed by atoms with Crippen molar-refractivity contribution in [2.75, 3.05) is 18.0 Å². The van der Waals surface area contributed by atoms with Crippen LogP contribution in [0.2, 0.25) is 0 Å². The summed E-state index contributed by atoms with van der Waals surface area (Å²) in [6, 6.07) is 9.26. The number of nitrogens with one attached hydrogen (secondary N) is 1. The summed E-state index contributed by atoms with van der Waals surface area (Å²) in [7, 11) is 0. The van der Waals surface area contributed by atoms with E-state index >= 15 is 0 Å². The van der Waals surface area contributed by atoms with Crippen LogP contribution in [-0.2, 0) is 0 Å². The first-order chi connectivity index (χ1) is 14.0. The Kier molecular flexibility index (Phi) is 4.20. The van der Waals surface area contributed by atoms with Gasteiger partial charge in [-0.3, -0.25) is 0 Å². The Morgan fingerprint density at radius 2 is 1.79 bits per heavy atom. The highest BCUT2D eigenvalue weighted by molar-refractivity contribution is 5.81. The highest BCUT2D eigenvalue weighted by atomic mass is 15.3. The molecule has 0 aliphatic carbocycles. The highest BCUT2D eigenvalue weighted by Gasteiger charge is 2.21. The van der Waals surface area contributed by atoms with Crippen LogP contribution in [0.3, 0.4) is 0 Å². The molecule has 29 heavy (non-hydrogen) atoms. The lowest BCUT2D eigenvalue weighted by atomic mass is 10.1. The summed E-state index contributed by atoms with van der Waals surface area (Å²) in [5, 5.41) is 9.31. The van der Waals surface area contributed by atoms with E-state index in [2.05, 4.69) is 46.2 Å². The van der Waals surface area contributed by atoms with E-state index in [1.165, 1.54) is 0 Å². The van der Waals surface area contributed by atoms with E-state index in [1.54, 1.807) is 0 Å². The van der Waals surface area contributed by atoms with E-state index in [9.17, 15) is 0 Å². The molecule has 5 heterocycles. The third-order valence-electron chi connectivity index (χ3n) is 5.44. The number of hydrogen-bond donors (Lipinski definition) is 1. The summed E-state index contributed by atoms with van der Waals surface area (Å²) < 4.78 is 1.83. The number of pyridine rings is 2. The van der Waals surface area contributed by atoms with Gasteiger partial charge in [-0.1, -0.05) is 0 Å². The quantitative estimate of drug-likeness (QED) is 0.570. The van der Waals surface area contributed by atoms with Gasteiger partial charge < -0.3 is 10.2 Å². The highest BCUT2D eigenvalue weighted by Crippen LogP contribution is 2.24. The largest absolute Gasteiger partial charge is 0.367 e. The first kappa shape index (κ1) is 18.0. The SMILES string of the molecule is Cc1cn2nc(-c3ccc4cc(N5C[C@@H](C)N[C@@H](C)C5)cnc4n3)cc(C)c2n1. The van der Waals surface area contributed by atoms with Crippen molar-refractivity contribution in [1.29, 1.82) is 0 Å². The zero-order chi connectivity index (χ0) is 20.1. The fraction of sp³-hybridized carbons (Fsp3) is 0.364. The maximum absolute atomic E-state index is 4.78. The minimum Gasteiger partial charge on any atom is -0.367 e. The molecule has 7 nitrogen and oxygen atoms in total. The number of rotatable bonds is 2. The molecule has 2 atom stereocenters. The van der Waals surface area contributed by atoms with E-state index in [4.69, 9.17) is 10.1 Å². The van der Waals surface area contributed by atoms with Crippen LogP contribution in [-0.4, -0.2) is 49.7 Å². The van der Waals surface area contributed by atoms with Gasteiger partial charge in [0.2, 0.25) is 0 Å². The zero-order valence-electron chi connectivity index (χ0n) is 17.2. The number of hydrogen-bond acceptors (Lipinski definition) is 6. The predicted molar refractivity (Wildman–Crippen MR) is 115 cm³/mol. The van der Waals surface area contributed by atoms with Crippen molar-refractivity contribution in [3.8, 4) is 11.4 Å². The second-order valence-corrected chi connectivity index (χ2v) is 8.17. The molecule has 0 bridgehead atoms. The minimum atomic E-state index is 0.464. The number of aromatic nitrogens is 5. The lowest BCUT2D eigenvalue weighted by Crippen LogP contribution is -2.54. The van der Waals surface area contributed by atoms with Gasteiger partial charge in [0.05, 0.1) is 29.5 Å². The molecule has 0 saturated carbocycles. The second-order valence-electron chi connectivity index (χ2n) is 8.17. The van der Waals surface area contributed by atoms with Crippen molar-refractivity contribution >= 4 is 22.4 Å². The Balaban J connectivity index is 1.51. The van der Waals surface area contributed by atoms with Gasteiger partial charge >= 0.3 is 0 Å². The van der Waals surface area contributed by atoms with Crippen LogP contribution < -0.4 is 10.2 Å². The predicted octanol–water partition coefficient (Wildman–Crippen LogP) is 3.14. The summed E-state index contributed by atoms with van der Waals surface area (Å²) in [4.78, 5) is 16.4. The molecule has 0 radical (unpaired) electrons. The molecule has 1 aliphatic rings. The van der Waals surface area contributed by atoms with Crippen molar-refractivity contribution in [2.24, 2.45) is 0 Å². The summed E-state index contributed by atoms with van der Waals surface area (Å²) in [6.45, 7) is 10.4. The molecule has 0 unspecified atom stereocenters. The van der Waals surface area contributed by atoms with E-state index in [0.717, 1.165) is 58.1 Å². The molecule has 1 aliphatic heterocycles. The molecule has 0 spiro atoms. The summed E-state index contributed by atoms with van der Waals surface area (Å²) in [6.07, 6.45) is 3.87. The van der Waals surface area contributed by atoms with Gasteiger partial charge in [0.1, 0.15) is 5.69 Å². The van der Waals surface area contributed by atoms with E-state index in [0.29, 0.717) is 12.1 Å². The average molecular weight is 387 g/mol. The molecule has 1 saturated heterocycles. The van der Waals surface area contributed by atoms with Crippen LogP contribution in [0.5, 0.6) is 0 Å². The first-order valence-corrected chi connectivity index (χ1v) is 10.1. The van der Waals surface area contributed by atoms with Gasteiger partial charge in [-0.25, -0.2) is 19.5 Å². The summed E-state index contributed by atoms with van der Waals surface area (Å²) in [5.41, 5.74) is 6.45. The van der Waals surface area contributed by atoms with Gasteiger partial charge in [-0.2, -0.15) is 5.10 Å². The van der Waals surface area contributed by atoms with Crippen LogP contribution in [0, 0.1) is 13.8 Å². The monoisotopic (exact) mass is 387 g/mol. The third kappa shape index (κ3) is 3.31. The zero-order valence-corrected chi connectivity index (χ0v) is 17.2. The summed E-state index contributed by atoms with van der Waals surface area (Å²) in [5.74, 6) is 0. The van der Waals surface area contributed by atoms with Crippen molar-refractivity contribution in [1.82, 2.24) is 29.9 Å². The molecule has 148 valence electrons. The Hall–Kier alpha value is -3.06. The number of fused-ring (bicyclic) bond motifs is 2. The molecule has 7 heteroatoms. The minimum absolute atomic E-state index is 0.464. The standard InChI is InChI=1S/C22H25N7/c1-13-7-20(27-29-12-16(4)25-22(13)29)19-6-5-17-8-18(9-23-21(17)26-19)28-10-14(2)24-15(3)11-28/h5-9,12,14-15,24H,10-11H2,1-4H3/t14-,15+. The van der Waals surface area contributed by atoms with Crippen LogP contribution in [0.25, 0.3) is 28.1 Å². The number of nitrogens with zero attached hydrogens (tertiary/aromatic N) is 6. The maximum Gasteiger partial charge on any atom is 0.159 e. The Bertz CT molecular complexity index is 1200. The number of piperazine rings is 1. The fourth-order valence-corrected chi connectivity index (χ4v) is 4.22. The van der Waals surface area contributed by atoms with Crippen LogP contribution in [0.1, 0.15) is 25.1 Å². The molecular weight excluding hydrogens is 362 g/mol. The smallest absolute Gasteiger partial charge is 0.159 e. The Labute approximate surface area is 169 Å². The summed E-state index contributed by atoms with van der Waals surface area (Å²) >= 11 is 0. The van der Waals surface area contributed by atoms with Gasteiger partial charge in [0, 0.05) is 30.6 Å². The topological polar surface area (TPSA) is 71.2 Å². The Morgan fingerprint density at radius 1 is 1.00 bits per heavy atom. The van der Waals surface area contributed by atoms with Crippen molar-refractivity contribution in [3.05, 3.63) is 47.9 Å². The molecular formula is C22H25N7. The Morgan fingerprint density at radius 3 is 2.59 bits per heavy atom. The van der Waals surface area contributed by atoms with E-state index < -0.39 is 0 Å². The first-order valence-electron chi connectivity index (χ1n) is 10.1. The van der Waals surface area contributed by atoms with Gasteiger partial charge in [0.15, 0.2) is 11.3 Å². The van der Waals surface area contributed by atoms with Crippen molar-refractivity contribution < 1.29 is 0 Å². The molecule has 0 amide bonds. The van der Waals surface area contributed by atoms with Crippen molar-refractivity contribution in [2.45, 2.75) is 39.8 Å². The van der Waals surface area contributed by atoms with Gasteiger partial charge in [-0.05, 0) is 57.5 Å². The van der Waals surface area contributed by atoms with E-state index in [-0.39, 0.29) is 0 Å². The molecule has 5 rings (SSSR count). The molecule has 1 N–H and O–H groups in total. The van der Waals surface area contributed by atoms with E-state index in [1.807, 2.05) is 42.9 Å².